The second kappa shape index (κ2) is 11.5. The average Bonchev–Trinajstić information content (AvgIpc) is 2.95. The number of aliphatic hydroxyl groups is 2. The van der Waals surface area contributed by atoms with Crippen molar-refractivity contribution in [3.63, 3.8) is 0 Å². The Labute approximate surface area is 262 Å². The number of carbonyl (C=O) groups excluding carboxylic acids is 5. The number of likely N-dealkylation sites (N-methyl/N-ethyl adjacent to an activating group) is 1. The maximum atomic E-state index is 14.3. The van der Waals surface area contributed by atoms with Crippen molar-refractivity contribution >= 4 is 29.2 Å². The molecule has 1 saturated carbocycles. The van der Waals surface area contributed by atoms with Gasteiger partial charge in [0.05, 0.1) is 29.4 Å². The van der Waals surface area contributed by atoms with Crippen molar-refractivity contribution < 1.29 is 57.2 Å². The number of aromatic hydroxyl groups is 1. The molecule has 15 heteroatoms. The number of likely N-dealkylation sites (tertiary alicyclic amines) is 1. The maximum absolute atomic E-state index is 14.3. The molecule has 1 heterocycles. The third-order valence-corrected chi connectivity index (χ3v) is 10.2. The molecule has 5 unspecified atom stereocenters. The van der Waals surface area contributed by atoms with Crippen molar-refractivity contribution in [3.8, 4) is 5.75 Å². The number of ether oxygens (including phenoxy) is 1. The highest BCUT2D eigenvalue weighted by Crippen LogP contribution is 2.56. The first-order valence-corrected chi connectivity index (χ1v) is 14.9. The average molecular weight is 652 g/mol. The summed E-state index contributed by atoms with van der Waals surface area (Å²) < 4.78 is 45.1. The van der Waals surface area contributed by atoms with Gasteiger partial charge >= 0.3 is 12.1 Å². The van der Waals surface area contributed by atoms with Crippen molar-refractivity contribution in [3.05, 3.63) is 40.2 Å². The standard InChI is InChI=1S/C31H36F3N3O9/c1-12-16-6-5-14(11-37-9-7-15(8-10-37)31(32,33)34)23(39)18(16)24(40)19-17(12)26(46-13(2)38)21-22(36(3)4)25(41)20(29(35)44)28(43)30(21,45)27(19)42/h5-6,12,15,17,19,21-22,26,39,43,45H,7-11H2,1-4H3,(H2,35,44)/t12?,17?,19?,21?,22-,26?,30-/m0/s1. The lowest BCUT2D eigenvalue weighted by molar-refractivity contribution is -0.196. The van der Waals surface area contributed by atoms with E-state index in [0.29, 0.717) is 5.56 Å². The first-order chi connectivity index (χ1) is 21.3. The number of primary amides is 1. The van der Waals surface area contributed by atoms with Crippen LogP contribution in [0.2, 0.25) is 0 Å². The van der Waals surface area contributed by atoms with Gasteiger partial charge in [-0.3, -0.25) is 33.8 Å². The molecule has 250 valence electrons. The highest BCUT2D eigenvalue weighted by atomic mass is 19.4. The van der Waals surface area contributed by atoms with Gasteiger partial charge in [-0.15, -0.1) is 0 Å². The van der Waals surface area contributed by atoms with E-state index < -0.39 is 99.8 Å². The normalized spacial score (nSPS) is 32.2. The predicted octanol–water partition coefficient (Wildman–Crippen LogP) is 1.37. The Hall–Kier alpha value is -3.82. The molecule has 0 radical (unpaired) electrons. The summed E-state index contributed by atoms with van der Waals surface area (Å²) in [4.78, 5) is 69.8. The third-order valence-electron chi connectivity index (χ3n) is 10.2. The van der Waals surface area contributed by atoms with E-state index in [1.165, 1.54) is 25.1 Å². The summed E-state index contributed by atoms with van der Waals surface area (Å²) in [5, 5.41) is 34.6. The number of alkyl halides is 3. The predicted molar refractivity (Wildman–Crippen MR) is 152 cm³/mol. The van der Waals surface area contributed by atoms with Crippen LogP contribution in [0.5, 0.6) is 5.75 Å². The molecule has 3 aliphatic carbocycles. The van der Waals surface area contributed by atoms with E-state index in [1.807, 2.05) is 0 Å². The van der Waals surface area contributed by atoms with Gasteiger partial charge < -0.3 is 25.8 Å². The molecule has 5 rings (SSSR count). The number of benzene rings is 1. The van der Waals surface area contributed by atoms with Gasteiger partial charge in [0.15, 0.2) is 23.0 Å². The molecule has 4 aliphatic rings. The van der Waals surface area contributed by atoms with Crippen LogP contribution in [-0.4, -0.2) is 105 Å². The molecule has 1 amide bonds. The van der Waals surface area contributed by atoms with Crippen LogP contribution in [0.1, 0.15) is 54.1 Å². The largest absolute Gasteiger partial charge is 0.508 e. The molecule has 2 fully saturated rings. The number of ketones is 3. The fourth-order valence-electron chi connectivity index (χ4n) is 7.99. The number of aliphatic hydroxyl groups excluding tert-OH is 1. The SMILES string of the molecule is CC(=O)OC1C2C(C(=O)c3c(ccc(CN4CCC(C(F)(F)F)CC4)c3O)C2C)C(=O)[C@]2(O)C(O)=C(C(N)=O)C(=O)[C@@H](N(C)C)C12. The fourth-order valence-corrected chi connectivity index (χ4v) is 7.99. The molecule has 7 atom stereocenters. The van der Waals surface area contributed by atoms with Gasteiger partial charge in [-0.2, -0.15) is 13.2 Å². The lowest BCUT2D eigenvalue weighted by Crippen LogP contribution is -2.73. The minimum absolute atomic E-state index is 0.0214. The van der Waals surface area contributed by atoms with Crippen LogP contribution >= 0.6 is 0 Å². The Balaban J connectivity index is 1.61. The number of nitrogens with zero attached hydrogens (tertiary/aromatic N) is 2. The van der Waals surface area contributed by atoms with Crippen molar-refractivity contribution in [1.82, 2.24) is 9.80 Å². The van der Waals surface area contributed by atoms with Gasteiger partial charge in [-0.1, -0.05) is 19.1 Å². The Morgan fingerprint density at radius 3 is 2.24 bits per heavy atom. The van der Waals surface area contributed by atoms with Crippen LogP contribution in [-0.2, 0) is 30.5 Å². The molecular formula is C31H36F3N3O9. The number of hydrogen-bond acceptors (Lipinski definition) is 11. The second-order valence-corrected chi connectivity index (χ2v) is 12.9. The Morgan fingerprint density at radius 1 is 1.11 bits per heavy atom. The highest BCUT2D eigenvalue weighted by molar-refractivity contribution is 6.25. The second-order valence-electron chi connectivity index (χ2n) is 12.9. The van der Waals surface area contributed by atoms with Crippen LogP contribution in [0.15, 0.2) is 23.5 Å². The molecule has 5 N–H and O–H groups in total. The van der Waals surface area contributed by atoms with Gasteiger partial charge in [-0.25, -0.2) is 0 Å². The number of nitrogens with two attached hydrogens (primary N) is 1. The zero-order valence-electron chi connectivity index (χ0n) is 25.6. The summed E-state index contributed by atoms with van der Waals surface area (Å²) in [6, 6.07) is 1.61. The number of Topliss-reactive ketones (excluding diaryl/α,β-unsaturated/α-hetero) is 3. The quantitative estimate of drug-likeness (QED) is 0.205. The van der Waals surface area contributed by atoms with Gasteiger partial charge in [0.2, 0.25) is 0 Å². The lowest BCUT2D eigenvalue weighted by Gasteiger charge is -2.56. The summed E-state index contributed by atoms with van der Waals surface area (Å²) in [5.74, 6) is -14.2. The molecule has 0 aromatic heterocycles. The van der Waals surface area contributed by atoms with Crippen molar-refractivity contribution in [2.24, 2.45) is 29.4 Å². The first-order valence-electron chi connectivity index (χ1n) is 14.9. The Kier molecular flexibility index (Phi) is 8.35. The van der Waals surface area contributed by atoms with E-state index in [4.69, 9.17) is 10.5 Å². The Morgan fingerprint density at radius 2 is 1.72 bits per heavy atom. The molecule has 1 aromatic carbocycles. The van der Waals surface area contributed by atoms with Crippen LogP contribution in [0, 0.1) is 23.7 Å². The van der Waals surface area contributed by atoms with Crippen LogP contribution in [0.4, 0.5) is 13.2 Å². The number of halogens is 3. The molecule has 1 saturated heterocycles. The van der Waals surface area contributed by atoms with E-state index in [-0.39, 0.29) is 43.6 Å². The summed E-state index contributed by atoms with van der Waals surface area (Å²) in [6.45, 7) is 2.91. The molecule has 12 nitrogen and oxygen atoms in total. The van der Waals surface area contributed by atoms with Gasteiger partial charge in [0.1, 0.15) is 23.2 Å². The molecule has 1 aromatic rings. The van der Waals surface area contributed by atoms with Crippen molar-refractivity contribution in [2.45, 2.75) is 63.1 Å². The minimum Gasteiger partial charge on any atom is -0.508 e. The van der Waals surface area contributed by atoms with Crippen LogP contribution in [0.3, 0.4) is 0 Å². The number of hydrogen-bond donors (Lipinski definition) is 4. The molecule has 0 spiro atoms. The number of carbonyl (C=O) groups is 5. The number of phenols is 1. The number of amides is 1. The van der Waals surface area contributed by atoms with E-state index in [1.54, 1.807) is 17.9 Å². The number of piperidine rings is 1. The van der Waals surface area contributed by atoms with E-state index in [0.717, 1.165) is 6.92 Å². The molecular weight excluding hydrogens is 615 g/mol. The van der Waals surface area contributed by atoms with Crippen LogP contribution < -0.4 is 5.73 Å². The number of rotatable bonds is 5. The minimum atomic E-state index is -4.31. The topological polar surface area (TPSA) is 188 Å². The van der Waals surface area contributed by atoms with Crippen molar-refractivity contribution in [2.75, 3.05) is 27.2 Å². The number of esters is 1. The van der Waals surface area contributed by atoms with Crippen LogP contribution in [0.25, 0.3) is 0 Å². The number of phenolic OH excluding ortho intramolecular Hbond substituents is 1. The zero-order chi connectivity index (χ0) is 34.2. The monoisotopic (exact) mass is 651 g/mol. The van der Waals surface area contributed by atoms with E-state index in [2.05, 4.69) is 0 Å². The number of fused-ring (bicyclic) bond motifs is 3. The lowest BCUT2D eigenvalue weighted by atomic mass is 9.51. The summed E-state index contributed by atoms with van der Waals surface area (Å²) >= 11 is 0. The summed E-state index contributed by atoms with van der Waals surface area (Å²) in [7, 11) is 2.84. The first kappa shape index (κ1) is 33.5. The highest BCUT2D eigenvalue weighted by Gasteiger charge is 2.71. The summed E-state index contributed by atoms with van der Waals surface area (Å²) in [6.07, 6.45) is -6.07. The van der Waals surface area contributed by atoms with Gasteiger partial charge in [-0.05, 0) is 51.5 Å². The Bertz CT molecular complexity index is 1550. The molecule has 0 bridgehead atoms. The van der Waals surface area contributed by atoms with Gasteiger partial charge in [0, 0.05) is 24.9 Å². The molecule has 46 heavy (non-hydrogen) atoms. The third kappa shape index (κ3) is 4.99. The van der Waals surface area contributed by atoms with E-state index >= 15 is 0 Å². The van der Waals surface area contributed by atoms with Crippen molar-refractivity contribution in [1.29, 1.82) is 0 Å². The van der Waals surface area contributed by atoms with E-state index in [9.17, 15) is 52.5 Å². The zero-order valence-corrected chi connectivity index (χ0v) is 25.6. The smallest absolute Gasteiger partial charge is 0.391 e. The molecule has 1 aliphatic heterocycles. The summed E-state index contributed by atoms with van der Waals surface area (Å²) in [5.41, 5.74) is 1.57. The van der Waals surface area contributed by atoms with Gasteiger partial charge in [0.25, 0.3) is 5.91 Å². The fraction of sp³-hybridized carbons (Fsp3) is 0.581. The maximum Gasteiger partial charge on any atom is 0.391 e.